The monoisotopic (exact) mass is 947 g/mol. The van der Waals surface area contributed by atoms with Crippen LogP contribution in [-0.4, -0.2) is 80.6 Å². The van der Waals surface area contributed by atoms with Gasteiger partial charge in [0.1, 0.15) is 6.61 Å². The van der Waals surface area contributed by atoms with Crippen LogP contribution in [0.3, 0.4) is 0 Å². The van der Waals surface area contributed by atoms with Crippen molar-refractivity contribution >= 4 is 17.9 Å². The number of esters is 2. The van der Waals surface area contributed by atoms with Crippen LogP contribution >= 0.6 is 0 Å². The van der Waals surface area contributed by atoms with Gasteiger partial charge in [0.15, 0.2) is 12.1 Å². The first-order valence-corrected chi connectivity index (χ1v) is 28.9. The molecule has 0 aliphatic carbocycles. The van der Waals surface area contributed by atoms with E-state index >= 15 is 0 Å². The summed E-state index contributed by atoms with van der Waals surface area (Å²) in [4.78, 5) is 37.3. The molecule has 0 fully saturated rings. The molecule has 2 unspecified atom stereocenters. The number of ether oxygens (including phenoxy) is 3. The third kappa shape index (κ3) is 48.6. The molecule has 2 atom stereocenters. The van der Waals surface area contributed by atoms with E-state index < -0.39 is 18.1 Å². The van der Waals surface area contributed by atoms with Crippen LogP contribution in [-0.2, 0) is 28.6 Å². The summed E-state index contributed by atoms with van der Waals surface area (Å²) in [6, 6.07) is -0.613. The molecule has 8 nitrogen and oxygen atoms in total. The highest BCUT2D eigenvalue weighted by Gasteiger charge is 2.31. The Labute approximate surface area is 415 Å². The standard InChI is InChI=1S/C59H111NO7/c1-6-8-10-12-14-16-18-20-22-24-26-28-29-30-32-34-36-38-40-42-44-46-48-50-58(62)67-55(53-65-52-51-56(59(63)64)60(3,4)5)54-66-57(61)49-47-45-43-41-39-37-35-33-31-27-25-23-21-19-17-15-13-11-9-7-2/h18,20,24,26,55-56H,6-17,19,21-23,25,27-54H2,1-5H3/p+1/b20-18-,26-24-. The summed E-state index contributed by atoms with van der Waals surface area (Å²) in [5, 5.41) is 9.68. The van der Waals surface area contributed by atoms with Crippen LogP contribution in [0, 0.1) is 0 Å². The van der Waals surface area contributed by atoms with E-state index in [0.29, 0.717) is 19.3 Å². The van der Waals surface area contributed by atoms with E-state index in [1.807, 2.05) is 21.1 Å². The fourth-order valence-corrected chi connectivity index (χ4v) is 8.89. The van der Waals surface area contributed by atoms with E-state index in [0.717, 1.165) is 44.9 Å². The number of aliphatic carboxylic acids is 1. The number of carbonyl (C=O) groups is 3. The second-order valence-electron chi connectivity index (χ2n) is 20.9. The molecule has 0 aromatic carbocycles. The first kappa shape index (κ1) is 64.8. The lowest BCUT2D eigenvalue weighted by molar-refractivity contribution is -0.887. The Morgan fingerprint density at radius 3 is 1.15 bits per heavy atom. The van der Waals surface area contributed by atoms with Gasteiger partial charge in [0, 0.05) is 19.3 Å². The van der Waals surface area contributed by atoms with Crippen molar-refractivity contribution in [2.75, 3.05) is 41.0 Å². The fraction of sp³-hybridized carbons (Fsp3) is 0.881. The molecule has 0 spiro atoms. The van der Waals surface area contributed by atoms with Crippen molar-refractivity contribution in [1.82, 2.24) is 0 Å². The van der Waals surface area contributed by atoms with Crippen molar-refractivity contribution in [3.05, 3.63) is 24.3 Å². The number of likely N-dealkylation sites (N-methyl/N-ethyl adjacent to an activating group) is 1. The van der Waals surface area contributed by atoms with Crippen LogP contribution in [0.2, 0.25) is 0 Å². The van der Waals surface area contributed by atoms with E-state index in [-0.39, 0.29) is 36.2 Å². The van der Waals surface area contributed by atoms with Gasteiger partial charge in [-0.3, -0.25) is 9.59 Å². The van der Waals surface area contributed by atoms with Crippen LogP contribution in [0.5, 0.6) is 0 Å². The molecule has 0 aromatic heterocycles. The molecule has 394 valence electrons. The molecule has 0 radical (unpaired) electrons. The van der Waals surface area contributed by atoms with Crippen LogP contribution in [0.4, 0.5) is 0 Å². The van der Waals surface area contributed by atoms with Crippen molar-refractivity contribution in [1.29, 1.82) is 0 Å². The number of carbonyl (C=O) groups excluding carboxylic acids is 2. The van der Waals surface area contributed by atoms with Gasteiger partial charge in [0.05, 0.1) is 34.4 Å². The Bertz CT molecular complexity index is 1150. The number of carboxylic acid groups (broad SMARTS) is 1. The highest BCUT2D eigenvalue weighted by atomic mass is 16.6. The average molecular weight is 948 g/mol. The molecule has 1 N–H and O–H groups in total. The molecular formula is C59H112NO7+. The zero-order valence-electron chi connectivity index (χ0n) is 45.1. The number of hydrogen-bond donors (Lipinski definition) is 1. The number of rotatable bonds is 53. The van der Waals surface area contributed by atoms with Crippen LogP contribution in [0.1, 0.15) is 284 Å². The van der Waals surface area contributed by atoms with E-state index in [1.54, 1.807) is 0 Å². The van der Waals surface area contributed by atoms with Crippen LogP contribution < -0.4 is 0 Å². The quantitative estimate of drug-likeness (QED) is 0.0281. The third-order valence-corrected chi connectivity index (χ3v) is 13.4. The molecule has 67 heavy (non-hydrogen) atoms. The molecule has 0 aromatic rings. The lowest BCUT2D eigenvalue weighted by atomic mass is 10.0. The highest BCUT2D eigenvalue weighted by molar-refractivity contribution is 5.72. The summed E-state index contributed by atoms with van der Waals surface area (Å²) in [6.45, 7) is 4.78. The number of unbranched alkanes of at least 4 members (excludes halogenated alkanes) is 35. The zero-order valence-corrected chi connectivity index (χ0v) is 45.1. The molecular weight excluding hydrogens is 835 g/mol. The van der Waals surface area contributed by atoms with Gasteiger partial charge >= 0.3 is 17.9 Å². The summed E-state index contributed by atoms with van der Waals surface area (Å²) < 4.78 is 17.4. The van der Waals surface area contributed by atoms with Gasteiger partial charge in [-0.1, -0.05) is 244 Å². The van der Waals surface area contributed by atoms with Crippen LogP contribution in [0.15, 0.2) is 24.3 Å². The minimum absolute atomic E-state index is 0.0459. The normalized spacial score (nSPS) is 12.9. The second kappa shape index (κ2) is 50.2. The van der Waals surface area contributed by atoms with Gasteiger partial charge in [0.2, 0.25) is 0 Å². The third-order valence-electron chi connectivity index (χ3n) is 13.4. The van der Waals surface area contributed by atoms with E-state index in [9.17, 15) is 19.5 Å². The largest absolute Gasteiger partial charge is 0.477 e. The molecule has 0 rings (SSSR count). The van der Waals surface area contributed by atoms with Gasteiger partial charge in [-0.05, 0) is 44.9 Å². The number of nitrogens with zero attached hydrogens (tertiary/aromatic N) is 1. The SMILES string of the molecule is CCCCCCC/C=C\C/C=C\CCCCCCCCCCCCCC(=O)OC(COCCC(C(=O)O)[N+](C)(C)C)COC(=O)CCCCCCCCCCCCCCCCCCCCCC. The first-order chi connectivity index (χ1) is 32.6. The van der Waals surface area contributed by atoms with Crippen molar-refractivity contribution in [2.45, 2.75) is 296 Å². The smallest absolute Gasteiger partial charge is 0.362 e. The number of allylic oxidation sites excluding steroid dienone is 4. The topological polar surface area (TPSA) is 99.1 Å². The predicted octanol–water partition coefficient (Wildman–Crippen LogP) is 17.2. The summed E-state index contributed by atoms with van der Waals surface area (Å²) in [6.07, 6.45) is 59.5. The maximum absolute atomic E-state index is 12.8. The summed E-state index contributed by atoms with van der Waals surface area (Å²) >= 11 is 0. The van der Waals surface area contributed by atoms with Crippen molar-refractivity contribution < 1.29 is 38.2 Å². The lowest BCUT2D eigenvalue weighted by Gasteiger charge is -2.31. The Kier molecular flexibility index (Phi) is 48.6. The average Bonchev–Trinajstić information content (AvgIpc) is 3.29. The van der Waals surface area contributed by atoms with E-state index in [2.05, 4.69) is 38.2 Å². The number of quaternary nitrogens is 1. The Morgan fingerprint density at radius 1 is 0.448 bits per heavy atom. The fourth-order valence-electron chi connectivity index (χ4n) is 8.89. The van der Waals surface area contributed by atoms with Crippen molar-refractivity contribution in [3.8, 4) is 0 Å². The second-order valence-corrected chi connectivity index (χ2v) is 20.9. The van der Waals surface area contributed by atoms with E-state index in [1.165, 1.54) is 205 Å². The maximum atomic E-state index is 12.8. The molecule has 8 heteroatoms. The minimum atomic E-state index is -0.870. The molecule has 0 saturated heterocycles. The molecule has 0 heterocycles. The molecule has 0 aliphatic rings. The van der Waals surface area contributed by atoms with Crippen molar-refractivity contribution in [2.24, 2.45) is 0 Å². The Hall–Kier alpha value is -2.19. The van der Waals surface area contributed by atoms with E-state index in [4.69, 9.17) is 14.2 Å². The predicted molar refractivity (Wildman–Crippen MR) is 285 cm³/mol. The highest BCUT2D eigenvalue weighted by Crippen LogP contribution is 2.17. The summed E-state index contributed by atoms with van der Waals surface area (Å²) in [5.41, 5.74) is 0. The molecule has 0 aliphatic heterocycles. The molecule has 0 amide bonds. The first-order valence-electron chi connectivity index (χ1n) is 28.9. The molecule has 0 bridgehead atoms. The summed E-state index contributed by atoms with van der Waals surface area (Å²) in [7, 11) is 5.55. The number of hydrogen-bond acceptors (Lipinski definition) is 6. The van der Waals surface area contributed by atoms with Gasteiger partial charge < -0.3 is 23.8 Å². The van der Waals surface area contributed by atoms with Gasteiger partial charge in [-0.25, -0.2) is 4.79 Å². The minimum Gasteiger partial charge on any atom is -0.477 e. The maximum Gasteiger partial charge on any atom is 0.362 e. The number of carboxylic acids is 1. The Balaban J connectivity index is 4.14. The van der Waals surface area contributed by atoms with Gasteiger partial charge in [-0.15, -0.1) is 0 Å². The summed E-state index contributed by atoms with van der Waals surface area (Å²) in [5.74, 6) is -1.45. The van der Waals surface area contributed by atoms with Gasteiger partial charge in [-0.2, -0.15) is 0 Å². The van der Waals surface area contributed by atoms with Gasteiger partial charge in [0.25, 0.3) is 0 Å². The van der Waals surface area contributed by atoms with Crippen LogP contribution in [0.25, 0.3) is 0 Å². The Morgan fingerprint density at radius 2 is 0.791 bits per heavy atom. The lowest BCUT2D eigenvalue weighted by Crippen LogP contribution is -2.50. The molecule has 0 saturated carbocycles. The zero-order chi connectivity index (χ0) is 49.2. The van der Waals surface area contributed by atoms with Crippen molar-refractivity contribution in [3.63, 3.8) is 0 Å².